The highest BCUT2D eigenvalue weighted by Crippen LogP contribution is 2.37. The number of benzene rings is 1. The van der Waals surface area contributed by atoms with Crippen LogP contribution in [0, 0.1) is 16.0 Å². The predicted molar refractivity (Wildman–Crippen MR) is 68.8 cm³/mol. The van der Waals surface area contributed by atoms with Crippen molar-refractivity contribution >= 4 is 21.6 Å². The molecule has 3 N–H and O–H groups in total. The number of phenols is 1. The molecule has 0 aliphatic heterocycles. The molecular formula is C11H15BrN2O3. The van der Waals surface area contributed by atoms with Crippen LogP contribution in [0.5, 0.6) is 5.75 Å². The van der Waals surface area contributed by atoms with Gasteiger partial charge in [-0.15, -0.1) is 0 Å². The average molecular weight is 303 g/mol. The molecule has 94 valence electrons. The third-order valence-corrected chi connectivity index (χ3v) is 3.51. The largest absolute Gasteiger partial charge is 0.506 e. The Kier molecular flexibility index (Phi) is 4.47. The van der Waals surface area contributed by atoms with Crippen molar-refractivity contribution in [2.45, 2.75) is 26.3 Å². The average Bonchev–Trinajstić information content (AvgIpc) is 2.30. The van der Waals surface area contributed by atoms with E-state index in [1.54, 1.807) is 0 Å². The highest BCUT2D eigenvalue weighted by Gasteiger charge is 2.22. The van der Waals surface area contributed by atoms with E-state index in [2.05, 4.69) is 15.9 Å². The van der Waals surface area contributed by atoms with E-state index in [1.165, 1.54) is 12.1 Å². The van der Waals surface area contributed by atoms with Gasteiger partial charge in [0.15, 0.2) is 0 Å². The number of nitro benzene ring substituents is 1. The van der Waals surface area contributed by atoms with Crippen molar-refractivity contribution in [2.75, 3.05) is 0 Å². The summed E-state index contributed by atoms with van der Waals surface area (Å²) in [6.45, 7) is 3.92. The molecule has 0 saturated heterocycles. The van der Waals surface area contributed by atoms with Crippen molar-refractivity contribution in [3.63, 3.8) is 0 Å². The normalized spacial score (nSPS) is 14.4. The molecule has 0 aromatic heterocycles. The summed E-state index contributed by atoms with van der Waals surface area (Å²) in [4.78, 5) is 10.2. The summed E-state index contributed by atoms with van der Waals surface area (Å²) in [6.07, 6.45) is 0.834. The van der Waals surface area contributed by atoms with Crippen molar-refractivity contribution < 1.29 is 10.0 Å². The Morgan fingerprint density at radius 1 is 1.59 bits per heavy atom. The second kappa shape index (κ2) is 5.46. The maximum Gasteiger partial charge on any atom is 0.271 e. The molecule has 0 fully saturated rings. The molecule has 0 heterocycles. The summed E-state index contributed by atoms with van der Waals surface area (Å²) in [5.41, 5.74) is 6.31. The third kappa shape index (κ3) is 2.95. The summed E-state index contributed by atoms with van der Waals surface area (Å²) in [6, 6.07) is 2.18. The van der Waals surface area contributed by atoms with Crippen LogP contribution in [0.3, 0.4) is 0 Å². The van der Waals surface area contributed by atoms with E-state index < -0.39 is 11.0 Å². The van der Waals surface area contributed by atoms with Crippen molar-refractivity contribution in [3.05, 3.63) is 32.3 Å². The first-order chi connectivity index (χ1) is 7.88. The zero-order chi connectivity index (χ0) is 13.2. The molecular weight excluding hydrogens is 288 g/mol. The number of nitrogens with zero attached hydrogens (tertiary/aromatic N) is 1. The summed E-state index contributed by atoms with van der Waals surface area (Å²) < 4.78 is 0.292. The maximum absolute atomic E-state index is 10.7. The van der Waals surface area contributed by atoms with E-state index in [0.717, 1.165) is 6.42 Å². The second-order valence-corrected chi connectivity index (χ2v) is 4.89. The van der Waals surface area contributed by atoms with Crippen molar-refractivity contribution in [1.82, 2.24) is 0 Å². The molecule has 0 amide bonds. The molecule has 0 aliphatic carbocycles. The topological polar surface area (TPSA) is 89.4 Å². The summed E-state index contributed by atoms with van der Waals surface area (Å²) >= 11 is 3.09. The molecule has 17 heavy (non-hydrogen) atoms. The smallest absolute Gasteiger partial charge is 0.271 e. The molecule has 2 atom stereocenters. The van der Waals surface area contributed by atoms with Crippen LogP contribution in [-0.4, -0.2) is 10.0 Å². The minimum absolute atomic E-state index is 0.0246. The number of aromatic hydroxyl groups is 1. The van der Waals surface area contributed by atoms with Gasteiger partial charge in [0.2, 0.25) is 0 Å². The van der Waals surface area contributed by atoms with Crippen LogP contribution in [0.25, 0.3) is 0 Å². The minimum atomic E-state index is -0.503. The number of nitrogens with two attached hydrogens (primary N) is 1. The van der Waals surface area contributed by atoms with Gasteiger partial charge >= 0.3 is 0 Å². The van der Waals surface area contributed by atoms with Crippen LogP contribution in [-0.2, 0) is 0 Å². The van der Waals surface area contributed by atoms with Gasteiger partial charge in [0.25, 0.3) is 5.69 Å². The molecule has 1 unspecified atom stereocenters. The molecule has 1 aromatic carbocycles. The molecule has 6 heteroatoms. The van der Waals surface area contributed by atoms with Gasteiger partial charge in [-0.25, -0.2) is 0 Å². The van der Waals surface area contributed by atoms with Gasteiger partial charge in [0, 0.05) is 23.7 Å². The lowest BCUT2D eigenvalue weighted by molar-refractivity contribution is -0.385. The van der Waals surface area contributed by atoms with E-state index >= 15 is 0 Å². The van der Waals surface area contributed by atoms with Gasteiger partial charge in [-0.3, -0.25) is 10.1 Å². The maximum atomic E-state index is 10.7. The Hall–Kier alpha value is -1.14. The SMILES string of the molecule is CCC(C)[C@H](N)c1cc([N+](=O)[O-])cc(Br)c1O. The number of phenolic OH excluding ortho intramolecular Hbond substituents is 1. The van der Waals surface area contributed by atoms with Gasteiger partial charge in [0.1, 0.15) is 5.75 Å². The Morgan fingerprint density at radius 2 is 2.18 bits per heavy atom. The molecule has 5 nitrogen and oxygen atoms in total. The van der Waals surface area contributed by atoms with E-state index in [1.807, 2.05) is 13.8 Å². The number of rotatable bonds is 4. The predicted octanol–water partition coefficient (Wildman–Crippen LogP) is 3.11. The lowest BCUT2D eigenvalue weighted by atomic mass is 9.92. The van der Waals surface area contributed by atoms with Crippen LogP contribution in [0.2, 0.25) is 0 Å². The Balaban J connectivity index is 3.27. The summed E-state index contributed by atoms with van der Waals surface area (Å²) in [7, 11) is 0. The van der Waals surface area contributed by atoms with Gasteiger partial charge in [-0.2, -0.15) is 0 Å². The lowest BCUT2D eigenvalue weighted by Gasteiger charge is -2.20. The number of halogens is 1. The molecule has 0 aliphatic rings. The zero-order valence-electron chi connectivity index (χ0n) is 9.68. The number of nitro groups is 1. The molecule has 0 radical (unpaired) electrons. The number of non-ortho nitro benzene ring substituents is 1. The van der Waals surface area contributed by atoms with Crippen molar-refractivity contribution in [1.29, 1.82) is 0 Å². The Labute approximate surface area is 108 Å². The number of hydrogen-bond acceptors (Lipinski definition) is 4. The second-order valence-electron chi connectivity index (χ2n) is 4.03. The molecule has 0 saturated carbocycles. The zero-order valence-corrected chi connectivity index (χ0v) is 11.3. The quantitative estimate of drug-likeness (QED) is 0.660. The fourth-order valence-electron chi connectivity index (χ4n) is 1.53. The fraction of sp³-hybridized carbons (Fsp3) is 0.455. The van der Waals surface area contributed by atoms with Crippen molar-refractivity contribution in [2.24, 2.45) is 11.7 Å². The van der Waals surface area contributed by atoms with E-state index in [4.69, 9.17) is 5.73 Å². The van der Waals surface area contributed by atoms with Crippen LogP contribution in [0.15, 0.2) is 16.6 Å². The fourth-order valence-corrected chi connectivity index (χ4v) is 1.99. The van der Waals surface area contributed by atoms with Crippen LogP contribution >= 0.6 is 15.9 Å². The first kappa shape index (κ1) is 13.9. The van der Waals surface area contributed by atoms with E-state index in [9.17, 15) is 15.2 Å². The molecule has 1 aromatic rings. The first-order valence-corrected chi connectivity index (χ1v) is 6.10. The highest BCUT2D eigenvalue weighted by atomic mass is 79.9. The summed E-state index contributed by atoms with van der Waals surface area (Å²) in [5, 5.41) is 20.6. The standard InChI is InChI=1S/C11H15BrN2O3/c1-3-6(2)10(13)8-4-7(14(16)17)5-9(12)11(8)15/h4-6,10,15H,3,13H2,1-2H3/t6?,10-/m0/s1. The van der Waals surface area contributed by atoms with E-state index in [-0.39, 0.29) is 17.4 Å². The third-order valence-electron chi connectivity index (χ3n) is 2.90. The molecule has 1 rings (SSSR count). The highest BCUT2D eigenvalue weighted by molar-refractivity contribution is 9.10. The lowest BCUT2D eigenvalue weighted by Crippen LogP contribution is -2.18. The monoisotopic (exact) mass is 302 g/mol. The van der Waals surface area contributed by atoms with Gasteiger partial charge in [-0.1, -0.05) is 20.3 Å². The first-order valence-electron chi connectivity index (χ1n) is 5.30. The minimum Gasteiger partial charge on any atom is -0.506 e. The van der Waals surface area contributed by atoms with Gasteiger partial charge < -0.3 is 10.8 Å². The van der Waals surface area contributed by atoms with Gasteiger partial charge in [0.05, 0.1) is 9.40 Å². The Bertz CT molecular complexity index is 437. The molecule has 0 bridgehead atoms. The number of hydrogen-bond donors (Lipinski definition) is 2. The van der Waals surface area contributed by atoms with Crippen LogP contribution in [0.4, 0.5) is 5.69 Å². The van der Waals surface area contributed by atoms with E-state index in [0.29, 0.717) is 10.0 Å². The van der Waals surface area contributed by atoms with Crippen molar-refractivity contribution in [3.8, 4) is 5.75 Å². The summed E-state index contributed by atoms with van der Waals surface area (Å²) in [5.74, 6) is 0.109. The van der Waals surface area contributed by atoms with Gasteiger partial charge in [-0.05, 0) is 21.8 Å². The Morgan fingerprint density at radius 3 is 2.65 bits per heavy atom. The van der Waals surface area contributed by atoms with Crippen LogP contribution in [0.1, 0.15) is 31.9 Å². The van der Waals surface area contributed by atoms with Crippen LogP contribution < -0.4 is 5.73 Å². The molecule has 0 spiro atoms.